The maximum atomic E-state index is 15.0. The van der Waals surface area contributed by atoms with E-state index < -0.39 is 17.2 Å². The van der Waals surface area contributed by atoms with Crippen LogP contribution in [-0.2, 0) is 10.3 Å². The molecule has 1 saturated carbocycles. The summed E-state index contributed by atoms with van der Waals surface area (Å²) in [5.41, 5.74) is -0.143. The van der Waals surface area contributed by atoms with Crippen LogP contribution < -0.4 is 5.32 Å². The van der Waals surface area contributed by atoms with Crippen molar-refractivity contribution in [2.75, 3.05) is 6.61 Å². The van der Waals surface area contributed by atoms with E-state index in [1.54, 1.807) is 24.3 Å². The average Bonchev–Trinajstić information content (AvgIpc) is 3.59. The van der Waals surface area contributed by atoms with Crippen molar-refractivity contribution in [3.8, 4) is 0 Å². The Morgan fingerprint density at radius 1 is 1.19 bits per heavy atom. The topological polar surface area (TPSA) is 50.7 Å². The summed E-state index contributed by atoms with van der Waals surface area (Å²) in [4.78, 5) is 17.6. The first-order chi connectivity index (χ1) is 15.0. The van der Waals surface area contributed by atoms with Gasteiger partial charge >= 0.3 is 0 Å². The van der Waals surface area contributed by atoms with Gasteiger partial charge in [0.2, 0.25) is 0 Å². The van der Waals surface area contributed by atoms with E-state index in [0.717, 1.165) is 12.5 Å². The van der Waals surface area contributed by atoms with Crippen molar-refractivity contribution >= 4 is 22.8 Å². The van der Waals surface area contributed by atoms with Gasteiger partial charge in [-0.05, 0) is 43.4 Å². The number of carbonyl (C=O) groups is 1. The number of amides is 1. The van der Waals surface area contributed by atoms with Gasteiger partial charge in [-0.3, -0.25) is 4.79 Å². The maximum Gasteiger partial charge on any atom is 0.257 e. The molecule has 1 N–H and O–H groups in total. The van der Waals surface area contributed by atoms with Crippen molar-refractivity contribution in [1.82, 2.24) is 5.32 Å². The second kappa shape index (κ2) is 8.02. The van der Waals surface area contributed by atoms with Gasteiger partial charge in [-0.15, -0.1) is 0 Å². The molecule has 2 fully saturated rings. The van der Waals surface area contributed by atoms with Crippen molar-refractivity contribution in [1.29, 1.82) is 0 Å². The number of nitrogens with one attached hydrogen (secondary N) is 1. The van der Waals surface area contributed by atoms with Crippen molar-refractivity contribution < 1.29 is 18.3 Å². The molecule has 2 aromatic rings. The highest BCUT2D eigenvalue weighted by Crippen LogP contribution is 2.52. The van der Waals surface area contributed by atoms with Gasteiger partial charge < -0.3 is 10.1 Å². The Bertz CT molecular complexity index is 1030. The molecule has 1 amide bonds. The molecule has 5 rings (SSSR count). The van der Waals surface area contributed by atoms with E-state index in [2.05, 4.69) is 12.2 Å². The third kappa shape index (κ3) is 3.89. The molecular weight excluding hydrogens is 418 g/mol. The maximum absolute atomic E-state index is 15.0. The van der Waals surface area contributed by atoms with E-state index in [1.807, 2.05) is 6.07 Å². The molecular formula is C24H24F2N2O2S. The Balaban J connectivity index is 1.53. The van der Waals surface area contributed by atoms with Crippen LogP contribution in [-0.4, -0.2) is 29.0 Å². The zero-order chi connectivity index (χ0) is 21.6. The summed E-state index contributed by atoms with van der Waals surface area (Å²) in [6.07, 6.45) is 3.26. The first-order valence-electron chi connectivity index (χ1n) is 10.7. The predicted octanol–water partition coefficient (Wildman–Crippen LogP) is 4.90. The molecule has 2 aromatic carbocycles. The zero-order valence-electron chi connectivity index (χ0n) is 17.2. The van der Waals surface area contributed by atoms with Crippen LogP contribution in [0.3, 0.4) is 0 Å². The lowest BCUT2D eigenvalue weighted by Gasteiger charge is -2.49. The normalized spacial score (nSPS) is 30.3. The standard InChI is InChI=1S/C24H24F2N2O2S/c1-14-19-12-21(15-7-8-15)30-13-24(19,18-10-9-17(25)11-20(18)26)28-23(31-14)27-22(29)16-5-3-2-4-6-16/h2-6,9-11,14-15,19,21H,7-8,12-13H2,1H3,(H,27,28,29)/t14-,19+,21-,24-/m1/s1. The molecule has 162 valence electrons. The summed E-state index contributed by atoms with van der Waals surface area (Å²) in [5, 5.41) is 3.41. The fourth-order valence-corrected chi connectivity index (χ4v) is 6.03. The molecule has 3 aliphatic rings. The second-order valence-corrected chi connectivity index (χ2v) is 10.0. The van der Waals surface area contributed by atoms with Crippen molar-refractivity contribution in [3.63, 3.8) is 0 Å². The molecule has 1 saturated heterocycles. The number of benzene rings is 2. The van der Waals surface area contributed by atoms with Gasteiger partial charge in [-0.1, -0.05) is 43.0 Å². The summed E-state index contributed by atoms with van der Waals surface area (Å²) in [5.74, 6) is -0.929. The Kier molecular flexibility index (Phi) is 5.34. The van der Waals surface area contributed by atoms with Crippen molar-refractivity contribution in [2.24, 2.45) is 16.8 Å². The molecule has 0 radical (unpaired) electrons. The molecule has 4 atom stereocenters. The highest BCUT2D eigenvalue weighted by molar-refractivity contribution is 8.14. The minimum Gasteiger partial charge on any atom is -0.375 e. The minimum absolute atomic E-state index is 0.0224. The van der Waals surface area contributed by atoms with Gasteiger partial charge in [-0.2, -0.15) is 0 Å². The first-order valence-corrected chi connectivity index (χ1v) is 11.5. The molecule has 1 aliphatic carbocycles. The fraction of sp³-hybridized carbons (Fsp3) is 0.417. The number of thioether (sulfide) groups is 1. The fourth-order valence-electron chi connectivity index (χ4n) is 4.81. The molecule has 0 unspecified atom stereocenters. The summed E-state index contributed by atoms with van der Waals surface area (Å²) in [6, 6.07) is 12.5. The largest absolute Gasteiger partial charge is 0.375 e. The Morgan fingerprint density at radius 3 is 2.68 bits per heavy atom. The van der Waals surface area contributed by atoms with Gasteiger partial charge in [0, 0.05) is 28.4 Å². The summed E-state index contributed by atoms with van der Waals surface area (Å²) in [7, 11) is 0. The zero-order valence-corrected chi connectivity index (χ0v) is 18.0. The number of hydrogen-bond acceptors (Lipinski definition) is 4. The SMILES string of the molecule is C[C@H]1SC(NC(=O)c2ccccc2)=N[C@@]2(c3ccc(F)cc3F)CO[C@@H](C3CC3)C[C@@H]12. The number of halogens is 2. The summed E-state index contributed by atoms with van der Waals surface area (Å²) in [6.45, 7) is 2.31. The molecule has 31 heavy (non-hydrogen) atoms. The quantitative estimate of drug-likeness (QED) is 0.736. The number of aliphatic imine (C=N–C) groups is 1. The molecule has 7 heteroatoms. The third-order valence-corrected chi connectivity index (χ3v) is 7.70. The molecule has 0 aromatic heterocycles. The van der Waals surface area contributed by atoms with Gasteiger partial charge in [0.05, 0.1) is 12.7 Å². The van der Waals surface area contributed by atoms with E-state index in [-0.39, 0.29) is 29.8 Å². The molecule has 4 nitrogen and oxygen atoms in total. The van der Waals surface area contributed by atoms with Crippen LogP contribution in [0.25, 0.3) is 0 Å². The van der Waals surface area contributed by atoms with Crippen LogP contribution in [0.2, 0.25) is 0 Å². The molecule has 0 spiro atoms. The third-order valence-electron chi connectivity index (χ3n) is 6.58. The highest BCUT2D eigenvalue weighted by Gasteiger charge is 2.54. The van der Waals surface area contributed by atoms with Gasteiger partial charge in [0.1, 0.15) is 17.2 Å². The van der Waals surface area contributed by atoms with E-state index in [0.29, 0.717) is 22.2 Å². The number of ether oxygens (including phenoxy) is 1. The number of carbonyl (C=O) groups excluding carboxylic acids is 1. The van der Waals surface area contributed by atoms with Crippen LogP contribution in [0, 0.1) is 23.5 Å². The number of rotatable bonds is 3. The lowest BCUT2D eigenvalue weighted by molar-refractivity contribution is -0.0717. The smallest absolute Gasteiger partial charge is 0.257 e. The van der Waals surface area contributed by atoms with Crippen molar-refractivity contribution in [3.05, 3.63) is 71.3 Å². The summed E-state index contributed by atoms with van der Waals surface area (Å²) < 4.78 is 34.9. The Hall–Kier alpha value is -2.25. The number of amidine groups is 1. The first kappa shape index (κ1) is 20.6. The van der Waals surface area contributed by atoms with Crippen LogP contribution in [0.1, 0.15) is 42.1 Å². The van der Waals surface area contributed by atoms with E-state index >= 15 is 0 Å². The summed E-state index contributed by atoms with van der Waals surface area (Å²) >= 11 is 1.50. The van der Waals surface area contributed by atoms with Gasteiger partial charge in [0.25, 0.3) is 5.91 Å². The Morgan fingerprint density at radius 2 is 1.97 bits per heavy atom. The monoisotopic (exact) mass is 442 g/mol. The number of hydrogen-bond donors (Lipinski definition) is 1. The highest BCUT2D eigenvalue weighted by atomic mass is 32.2. The molecule has 2 heterocycles. The van der Waals surface area contributed by atoms with Crippen LogP contribution >= 0.6 is 11.8 Å². The lowest BCUT2D eigenvalue weighted by Crippen LogP contribution is -2.54. The van der Waals surface area contributed by atoms with E-state index in [9.17, 15) is 13.6 Å². The average molecular weight is 443 g/mol. The predicted molar refractivity (Wildman–Crippen MR) is 117 cm³/mol. The van der Waals surface area contributed by atoms with Crippen molar-refractivity contribution in [2.45, 2.75) is 43.1 Å². The van der Waals surface area contributed by atoms with Crippen LogP contribution in [0.15, 0.2) is 53.5 Å². The van der Waals surface area contributed by atoms with Gasteiger partial charge in [0.15, 0.2) is 5.17 Å². The van der Waals surface area contributed by atoms with E-state index in [4.69, 9.17) is 9.73 Å². The second-order valence-electron chi connectivity index (χ2n) is 8.64. The Labute approximate surface area is 184 Å². The molecule has 2 aliphatic heterocycles. The van der Waals surface area contributed by atoms with Gasteiger partial charge in [-0.25, -0.2) is 13.8 Å². The van der Waals surface area contributed by atoms with Crippen LogP contribution in [0.4, 0.5) is 8.78 Å². The van der Waals surface area contributed by atoms with E-state index in [1.165, 1.54) is 36.7 Å². The minimum atomic E-state index is -0.993. The molecule has 0 bridgehead atoms. The number of fused-ring (bicyclic) bond motifs is 1. The number of nitrogens with zero attached hydrogens (tertiary/aromatic N) is 1. The lowest BCUT2D eigenvalue weighted by atomic mass is 9.72. The van der Waals surface area contributed by atoms with Crippen LogP contribution in [0.5, 0.6) is 0 Å².